The minimum absolute atomic E-state index is 0.0398. The average Bonchev–Trinajstić information content (AvgIpc) is 2.59. The molecule has 1 saturated heterocycles. The van der Waals surface area contributed by atoms with Gasteiger partial charge in [0.15, 0.2) is 5.96 Å². The predicted molar refractivity (Wildman–Crippen MR) is 107 cm³/mol. The molecule has 0 bridgehead atoms. The highest BCUT2D eigenvalue weighted by Crippen LogP contribution is 2.29. The predicted octanol–water partition coefficient (Wildman–Crippen LogP) is 2.49. The second-order valence-electron chi connectivity index (χ2n) is 6.78. The van der Waals surface area contributed by atoms with Crippen molar-refractivity contribution >= 4 is 23.6 Å². The number of amides is 1. The molecule has 1 heterocycles. The lowest BCUT2D eigenvalue weighted by Gasteiger charge is -2.39. The van der Waals surface area contributed by atoms with Gasteiger partial charge in [0.2, 0.25) is 5.91 Å². The zero-order chi connectivity index (χ0) is 18.1. The van der Waals surface area contributed by atoms with E-state index in [1.165, 1.54) is 0 Å². The van der Waals surface area contributed by atoms with Crippen molar-refractivity contribution in [2.24, 2.45) is 4.99 Å². The molecule has 138 valence electrons. The lowest BCUT2D eigenvalue weighted by molar-refractivity contribution is -0.121. The minimum Gasteiger partial charge on any atom is -0.357 e. The van der Waals surface area contributed by atoms with Crippen LogP contribution in [-0.2, 0) is 11.3 Å². The van der Waals surface area contributed by atoms with Crippen LogP contribution in [0, 0.1) is 0 Å². The fourth-order valence-corrected chi connectivity index (χ4v) is 3.88. The van der Waals surface area contributed by atoms with Crippen LogP contribution in [0.3, 0.4) is 0 Å². The maximum absolute atomic E-state index is 12.0. The molecule has 0 aliphatic carbocycles. The molecule has 1 aliphatic rings. The van der Waals surface area contributed by atoms with Gasteiger partial charge in [0.05, 0.1) is 6.54 Å². The highest BCUT2D eigenvalue weighted by Gasteiger charge is 2.28. The molecule has 1 fully saturated rings. The average molecular weight is 363 g/mol. The van der Waals surface area contributed by atoms with Gasteiger partial charge in [0, 0.05) is 43.1 Å². The largest absolute Gasteiger partial charge is 0.357 e. The van der Waals surface area contributed by atoms with Crippen LogP contribution in [0.15, 0.2) is 35.3 Å². The molecule has 1 aliphatic heterocycles. The Morgan fingerprint density at radius 3 is 2.72 bits per heavy atom. The van der Waals surface area contributed by atoms with Crippen LogP contribution in [0.1, 0.15) is 32.8 Å². The molecule has 2 N–H and O–H groups in total. The van der Waals surface area contributed by atoms with E-state index in [2.05, 4.69) is 41.3 Å². The van der Waals surface area contributed by atoms with Gasteiger partial charge >= 0.3 is 0 Å². The summed E-state index contributed by atoms with van der Waals surface area (Å²) in [7, 11) is 0. The number of carbonyl (C=O) groups excluding carboxylic acids is 1. The molecule has 0 spiro atoms. The van der Waals surface area contributed by atoms with Crippen LogP contribution in [0.4, 0.5) is 0 Å². The number of benzene rings is 1. The van der Waals surface area contributed by atoms with E-state index in [-0.39, 0.29) is 10.7 Å². The fourth-order valence-electron chi connectivity index (χ4n) is 2.77. The Morgan fingerprint density at radius 1 is 1.28 bits per heavy atom. The number of nitrogens with one attached hydrogen (secondary N) is 2. The first-order valence-electron chi connectivity index (χ1n) is 8.98. The van der Waals surface area contributed by atoms with Gasteiger partial charge in [-0.3, -0.25) is 9.79 Å². The monoisotopic (exact) mass is 362 g/mol. The number of carbonyl (C=O) groups is 1. The summed E-state index contributed by atoms with van der Waals surface area (Å²) in [5, 5.41) is 6.31. The van der Waals surface area contributed by atoms with E-state index in [0.29, 0.717) is 19.5 Å². The molecule has 6 heteroatoms. The van der Waals surface area contributed by atoms with Crippen LogP contribution in [0.5, 0.6) is 0 Å². The van der Waals surface area contributed by atoms with E-state index in [4.69, 9.17) is 0 Å². The summed E-state index contributed by atoms with van der Waals surface area (Å²) in [5.41, 5.74) is 1.11. The fraction of sp³-hybridized carbons (Fsp3) is 0.579. The van der Waals surface area contributed by atoms with Gasteiger partial charge in [-0.15, -0.1) is 0 Å². The molecule has 1 aromatic carbocycles. The van der Waals surface area contributed by atoms with E-state index < -0.39 is 0 Å². The Bertz CT molecular complexity index is 574. The summed E-state index contributed by atoms with van der Waals surface area (Å²) in [6, 6.07) is 9.96. The first-order chi connectivity index (χ1) is 12.0. The Labute approximate surface area is 155 Å². The Kier molecular flexibility index (Phi) is 7.62. The number of hydrogen-bond acceptors (Lipinski definition) is 3. The van der Waals surface area contributed by atoms with Crippen LogP contribution < -0.4 is 10.6 Å². The normalized spacial score (nSPS) is 17.2. The number of nitrogens with zero attached hydrogens (tertiary/aromatic N) is 2. The van der Waals surface area contributed by atoms with Crippen molar-refractivity contribution in [2.75, 3.05) is 31.9 Å². The third-order valence-corrected chi connectivity index (χ3v) is 5.29. The second kappa shape index (κ2) is 9.70. The lowest BCUT2D eigenvalue weighted by Crippen LogP contribution is -2.51. The summed E-state index contributed by atoms with van der Waals surface area (Å²) < 4.78 is 0.238. The first kappa shape index (κ1) is 19.6. The summed E-state index contributed by atoms with van der Waals surface area (Å²) >= 11 is 2.00. The van der Waals surface area contributed by atoms with E-state index in [1.54, 1.807) is 0 Å². The number of hydrogen-bond donors (Lipinski definition) is 2. The van der Waals surface area contributed by atoms with Gasteiger partial charge in [-0.2, -0.15) is 11.8 Å². The number of thioether (sulfide) groups is 1. The van der Waals surface area contributed by atoms with Crippen molar-refractivity contribution in [1.82, 2.24) is 15.5 Å². The zero-order valence-corrected chi connectivity index (χ0v) is 16.4. The van der Waals surface area contributed by atoms with Crippen molar-refractivity contribution in [3.05, 3.63) is 35.9 Å². The van der Waals surface area contributed by atoms with E-state index in [9.17, 15) is 4.79 Å². The van der Waals surface area contributed by atoms with Crippen molar-refractivity contribution in [3.8, 4) is 0 Å². The van der Waals surface area contributed by atoms with Gasteiger partial charge in [-0.25, -0.2) is 0 Å². The van der Waals surface area contributed by atoms with Crippen LogP contribution in [-0.4, -0.2) is 53.4 Å². The van der Waals surface area contributed by atoms with Gasteiger partial charge in [0.1, 0.15) is 0 Å². The van der Waals surface area contributed by atoms with E-state index in [0.717, 1.165) is 36.9 Å². The highest BCUT2D eigenvalue weighted by molar-refractivity contribution is 8.00. The Hall–Kier alpha value is -1.69. The molecular weight excluding hydrogens is 332 g/mol. The maximum atomic E-state index is 12.0. The Morgan fingerprint density at radius 2 is 2.04 bits per heavy atom. The van der Waals surface area contributed by atoms with E-state index >= 15 is 0 Å². The van der Waals surface area contributed by atoms with Gasteiger partial charge in [-0.05, 0) is 26.3 Å². The SMILES string of the molecule is CCNC(=NCCC(=O)NCc1ccccc1)N1CCSC(C)(C)C1. The molecule has 25 heavy (non-hydrogen) atoms. The third kappa shape index (κ3) is 6.98. The number of guanidine groups is 1. The molecule has 1 amide bonds. The summed E-state index contributed by atoms with van der Waals surface area (Å²) in [4.78, 5) is 19.0. The molecule has 0 unspecified atom stereocenters. The van der Waals surface area contributed by atoms with Crippen molar-refractivity contribution in [2.45, 2.75) is 38.5 Å². The summed E-state index contributed by atoms with van der Waals surface area (Å²) in [5.74, 6) is 2.07. The van der Waals surface area contributed by atoms with Gasteiger partial charge in [-0.1, -0.05) is 30.3 Å². The molecule has 5 nitrogen and oxygen atoms in total. The third-order valence-electron chi connectivity index (χ3n) is 3.99. The maximum Gasteiger partial charge on any atom is 0.222 e. The van der Waals surface area contributed by atoms with Crippen LogP contribution >= 0.6 is 11.8 Å². The van der Waals surface area contributed by atoms with Crippen LogP contribution in [0.25, 0.3) is 0 Å². The quantitative estimate of drug-likeness (QED) is 0.603. The van der Waals surface area contributed by atoms with Gasteiger partial charge in [0.25, 0.3) is 0 Å². The summed E-state index contributed by atoms with van der Waals surface area (Å²) in [6.45, 7) is 10.5. The van der Waals surface area contributed by atoms with Gasteiger partial charge < -0.3 is 15.5 Å². The summed E-state index contributed by atoms with van der Waals surface area (Å²) in [6.07, 6.45) is 0.410. The van der Waals surface area contributed by atoms with Crippen molar-refractivity contribution in [3.63, 3.8) is 0 Å². The highest BCUT2D eigenvalue weighted by atomic mass is 32.2. The number of aliphatic imine (C=N–C) groups is 1. The lowest BCUT2D eigenvalue weighted by atomic mass is 10.2. The molecule has 0 atom stereocenters. The van der Waals surface area contributed by atoms with Crippen LogP contribution in [0.2, 0.25) is 0 Å². The topological polar surface area (TPSA) is 56.7 Å². The van der Waals surface area contributed by atoms with E-state index in [1.807, 2.05) is 42.1 Å². The molecule has 1 aromatic rings. The van der Waals surface area contributed by atoms with Crippen molar-refractivity contribution < 1.29 is 4.79 Å². The minimum atomic E-state index is 0.0398. The first-order valence-corrected chi connectivity index (χ1v) is 9.96. The zero-order valence-electron chi connectivity index (χ0n) is 15.5. The smallest absolute Gasteiger partial charge is 0.222 e. The van der Waals surface area contributed by atoms with Crippen molar-refractivity contribution in [1.29, 1.82) is 0 Å². The molecule has 0 saturated carbocycles. The Balaban J connectivity index is 1.81. The number of rotatable bonds is 6. The second-order valence-corrected chi connectivity index (χ2v) is 8.58. The molecular formula is C19H30N4OS. The molecule has 0 radical (unpaired) electrons. The molecule has 0 aromatic heterocycles. The standard InChI is InChI=1S/C19H30N4OS/c1-4-20-18(23-12-13-25-19(2,3)15-23)21-11-10-17(24)22-14-16-8-6-5-7-9-16/h5-9H,4,10-15H2,1-3H3,(H,20,21)(H,22,24). The molecule has 2 rings (SSSR count).